The molecular weight excluding hydrogens is 288 g/mol. The van der Waals surface area contributed by atoms with Crippen molar-refractivity contribution >= 4 is 27.6 Å². The minimum Gasteiger partial charge on any atom is -0.378 e. The molecule has 1 saturated heterocycles. The number of halogens is 1. The van der Waals surface area contributed by atoms with E-state index in [0.29, 0.717) is 31.9 Å². The lowest BCUT2D eigenvalue weighted by molar-refractivity contribution is -0.130. The van der Waals surface area contributed by atoms with E-state index in [2.05, 4.69) is 15.9 Å². The van der Waals surface area contributed by atoms with Gasteiger partial charge in [-0.15, -0.1) is 0 Å². The average molecular weight is 300 g/mol. The quantitative estimate of drug-likeness (QED) is 0.472. The van der Waals surface area contributed by atoms with Crippen molar-refractivity contribution in [3.8, 4) is 0 Å². The van der Waals surface area contributed by atoms with Gasteiger partial charge in [0, 0.05) is 23.1 Å². The molecule has 17 heavy (non-hydrogen) atoms. The number of rotatable bonds is 2. The fourth-order valence-corrected chi connectivity index (χ4v) is 1.90. The number of ether oxygens (including phenoxy) is 1. The Morgan fingerprint density at radius 1 is 1.24 bits per heavy atom. The normalized spacial score (nSPS) is 15.7. The van der Waals surface area contributed by atoms with Crippen molar-refractivity contribution in [2.45, 2.75) is 0 Å². The number of morpholine rings is 1. The molecule has 0 atom stereocenters. The second kappa shape index (κ2) is 5.42. The first kappa shape index (κ1) is 12.3. The van der Waals surface area contributed by atoms with Gasteiger partial charge in [-0.25, -0.2) is 0 Å². The van der Waals surface area contributed by atoms with Crippen LogP contribution in [0.15, 0.2) is 28.7 Å². The number of carbonyl (C=O) groups is 2. The van der Waals surface area contributed by atoms with Gasteiger partial charge in [-0.1, -0.05) is 15.9 Å². The van der Waals surface area contributed by atoms with Crippen molar-refractivity contribution in [2.24, 2.45) is 0 Å². The van der Waals surface area contributed by atoms with E-state index in [0.717, 1.165) is 4.47 Å². The predicted octanol–water partition coefficient (Wildman–Crippen LogP) is 1.49. The highest BCUT2D eigenvalue weighted by Crippen LogP contribution is 2.12. The zero-order valence-corrected chi connectivity index (χ0v) is 10.8. The van der Waals surface area contributed by atoms with Gasteiger partial charge in [-0.05, 0) is 24.3 Å². The van der Waals surface area contributed by atoms with Crippen LogP contribution in [0.5, 0.6) is 0 Å². The van der Waals surface area contributed by atoms with Crippen LogP contribution in [-0.2, 0) is 9.53 Å². The minimum absolute atomic E-state index is 0.421. The summed E-state index contributed by atoms with van der Waals surface area (Å²) in [7, 11) is 0. The summed E-state index contributed by atoms with van der Waals surface area (Å²) in [4.78, 5) is 25.3. The number of ketones is 1. The monoisotopic (exact) mass is 299 g/mol. The number of amides is 1. The van der Waals surface area contributed by atoms with Crippen molar-refractivity contribution in [3.05, 3.63) is 34.3 Å². The van der Waals surface area contributed by atoms with Crippen molar-refractivity contribution in [1.82, 2.24) is 4.90 Å². The summed E-state index contributed by atoms with van der Waals surface area (Å²) in [5.74, 6) is -0.907. The van der Waals surface area contributed by atoms with Crippen molar-refractivity contribution in [3.63, 3.8) is 0 Å². The molecule has 0 N–H and O–H groups in total. The number of Topliss-reactive ketones (excluding diaryl/α,β-unsaturated/α-hetero) is 1. The maximum atomic E-state index is 11.9. The molecule has 1 aliphatic heterocycles. The van der Waals surface area contributed by atoms with Crippen molar-refractivity contribution < 1.29 is 14.3 Å². The summed E-state index contributed by atoms with van der Waals surface area (Å²) in [6, 6.07) is 6.79. The van der Waals surface area contributed by atoms with Crippen LogP contribution in [0.2, 0.25) is 0 Å². The van der Waals surface area contributed by atoms with Gasteiger partial charge in [-0.2, -0.15) is 0 Å². The third-order valence-electron chi connectivity index (χ3n) is 2.60. The average Bonchev–Trinajstić information content (AvgIpc) is 2.39. The van der Waals surface area contributed by atoms with Crippen LogP contribution in [0.25, 0.3) is 0 Å². The van der Waals surface area contributed by atoms with Gasteiger partial charge in [-0.3, -0.25) is 9.59 Å². The Kier molecular flexibility index (Phi) is 3.91. The Morgan fingerprint density at radius 2 is 1.82 bits per heavy atom. The largest absolute Gasteiger partial charge is 0.378 e. The Hall–Kier alpha value is -1.20. The maximum Gasteiger partial charge on any atom is 0.295 e. The zero-order chi connectivity index (χ0) is 12.3. The van der Waals surface area contributed by atoms with Gasteiger partial charge in [0.2, 0.25) is 5.78 Å². The summed E-state index contributed by atoms with van der Waals surface area (Å²) in [5, 5.41) is 0. The molecule has 1 aliphatic rings. The number of nitrogens with zero attached hydrogens (tertiary/aromatic N) is 1. The van der Waals surface area contributed by atoms with Gasteiger partial charge in [0.15, 0.2) is 0 Å². The number of hydrogen-bond donors (Lipinski definition) is 0. The molecule has 2 rings (SSSR count). The standard InChI is InChI=1S/C12H12BrNO3/c13-10-3-1-9(2-4-10)11(15)12(16)14-5-7-17-8-6-14/h1-4H,5-8H2/i16+2. The molecule has 1 amide bonds. The maximum absolute atomic E-state index is 11.9. The summed E-state index contributed by atoms with van der Waals surface area (Å²) < 4.78 is 6.02. The molecule has 1 fully saturated rings. The van der Waals surface area contributed by atoms with Crippen LogP contribution < -0.4 is 0 Å². The third kappa shape index (κ3) is 2.92. The molecule has 0 spiro atoms. The summed E-state index contributed by atoms with van der Waals surface area (Å²) in [5.41, 5.74) is 0.421. The number of carbonyl (C=O) groups excluding carboxylic acids is 2. The lowest BCUT2D eigenvalue weighted by Gasteiger charge is -2.26. The van der Waals surface area contributed by atoms with E-state index in [9.17, 15) is 9.59 Å². The second-order valence-corrected chi connectivity index (χ2v) is 4.66. The van der Waals surface area contributed by atoms with E-state index in [-0.39, 0.29) is 0 Å². The number of benzene rings is 1. The molecule has 0 unspecified atom stereocenters. The van der Waals surface area contributed by atoms with Gasteiger partial charge >= 0.3 is 0 Å². The topological polar surface area (TPSA) is 46.6 Å². The van der Waals surface area contributed by atoms with E-state index in [1.807, 2.05) is 0 Å². The van der Waals surface area contributed by atoms with E-state index >= 15 is 0 Å². The van der Waals surface area contributed by atoms with E-state index in [1.54, 1.807) is 24.3 Å². The highest BCUT2D eigenvalue weighted by atomic mass is 79.9. The van der Waals surface area contributed by atoms with Gasteiger partial charge in [0.25, 0.3) is 5.91 Å². The SMILES string of the molecule is O=C(C(=[18O])N1CCOCC1)c1ccc(Br)cc1. The first-order valence-corrected chi connectivity index (χ1v) is 6.15. The molecule has 1 heterocycles. The van der Waals surface area contributed by atoms with Crippen LogP contribution >= 0.6 is 15.9 Å². The Labute approximate surface area is 108 Å². The fraction of sp³-hybridized carbons (Fsp3) is 0.333. The van der Waals surface area contributed by atoms with Crippen molar-refractivity contribution in [1.29, 1.82) is 0 Å². The number of hydrogen-bond acceptors (Lipinski definition) is 3. The van der Waals surface area contributed by atoms with Gasteiger partial charge in [0.1, 0.15) is 0 Å². The van der Waals surface area contributed by atoms with Crippen molar-refractivity contribution in [2.75, 3.05) is 26.3 Å². The molecule has 90 valence electrons. The summed E-state index contributed by atoms with van der Waals surface area (Å²) in [6.45, 7) is 1.97. The Bertz CT molecular complexity index is 424. The molecule has 0 aromatic heterocycles. The first-order chi connectivity index (χ1) is 8.18. The third-order valence-corrected chi connectivity index (χ3v) is 3.13. The Morgan fingerprint density at radius 3 is 2.41 bits per heavy atom. The zero-order valence-electron chi connectivity index (χ0n) is 9.19. The lowest BCUT2D eigenvalue weighted by atomic mass is 10.1. The molecule has 1 aromatic rings. The molecule has 0 saturated carbocycles. The summed E-state index contributed by atoms with van der Waals surface area (Å²) in [6.07, 6.45) is 0. The smallest absolute Gasteiger partial charge is 0.295 e. The van der Waals surface area contributed by atoms with Crippen LogP contribution in [0.4, 0.5) is 0 Å². The van der Waals surface area contributed by atoms with Gasteiger partial charge in [0.05, 0.1) is 13.2 Å². The summed E-state index contributed by atoms with van der Waals surface area (Å²) >= 11 is 3.29. The fourth-order valence-electron chi connectivity index (χ4n) is 1.63. The molecule has 0 aliphatic carbocycles. The highest BCUT2D eigenvalue weighted by Gasteiger charge is 2.24. The second-order valence-electron chi connectivity index (χ2n) is 3.74. The molecule has 0 bridgehead atoms. The van der Waals surface area contributed by atoms with E-state index < -0.39 is 11.7 Å². The van der Waals surface area contributed by atoms with Crippen LogP contribution in [0.3, 0.4) is 0 Å². The first-order valence-electron chi connectivity index (χ1n) is 5.35. The molecule has 4 nitrogen and oxygen atoms in total. The van der Waals surface area contributed by atoms with E-state index in [4.69, 9.17) is 4.74 Å². The molecular formula is C12H12BrNO3. The van der Waals surface area contributed by atoms with Crippen LogP contribution in [0.1, 0.15) is 10.4 Å². The highest BCUT2D eigenvalue weighted by molar-refractivity contribution is 9.10. The molecule has 1 aromatic carbocycles. The van der Waals surface area contributed by atoms with Gasteiger partial charge < -0.3 is 9.64 Å². The molecule has 5 heteroatoms. The predicted molar refractivity (Wildman–Crippen MR) is 65.9 cm³/mol. The lowest BCUT2D eigenvalue weighted by Crippen LogP contribution is -2.44. The van der Waals surface area contributed by atoms with Crippen LogP contribution in [0, 0.1) is 0 Å². The molecule has 0 radical (unpaired) electrons. The van der Waals surface area contributed by atoms with E-state index in [1.165, 1.54) is 4.90 Å². The Balaban J connectivity index is 2.08. The van der Waals surface area contributed by atoms with Crippen LogP contribution in [-0.4, -0.2) is 42.9 Å². The minimum atomic E-state index is -0.459.